The molecule has 2 heterocycles. The van der Waals surface area contributed by atoms with Crippen LogP contribution in [-0.2, 0) is 0 Å². The highest BCUT2D eigenvalue weighted by molar-refractivity contribution is 6.02. The zero-order chi connectivity index (χ0) is 36.4. The average Bonchev–Trinajstić information content (AvgIpc) is 3.24. The molecule has 0 spiro atoms. The standard InChI is InChI=1S/2C23H16N3O/c27-23-25(19-11-3-1-4-12-19)22-16-18-10-8-7-9-17(18)15-21(22)24-26(23)20-13-5-2-6-14-20;27-23-25(18-10-3-1-4-11-18)21-16-15-17-9-7-8-14-20(17)22(21)24-26(23)19-12-5-2-6-13-19/h2*1-16H/q2*+1. The number of para-hydroxylation sites is 4. The lowest BCUT2D eigenvalue weighted by Crippen LogP contribution is -2.53. The van der Waals surface area contributed by atoms with E-state index in [1.54, 1.807) is 9.13 Å². The Labute approximate surface area is 309 Å². The van der Waals surface area contributed by atoms with E-state index < -0.39 is 0 Å². The highest BCUT2D eigenvalue weighted by Gasteiger charge is 2.24. The van der Waals surface area contributed by atoms with Gasteiger partial charge in [0.15, 0.2) is 33.4 Å². The summed E-state index contributed by atoms with van der Waals surface area (Å²) >= 11 is 0. The average molecular weight is 701 g/mol. The molecular formula is C46H32N6O2+2. The number of hydrogen-bond donors (Lipinski definition) is 0. The smallest absolute Gasteiger partial charge is 0.194 e. The molecule has 0 saturated heterocycles. The molecule has 0 saturated carbocycles. The monoisotopic (exact) mass is 700 g/mol. The summed E-state index contributed by atoms with van der Waals surface area (Å²) in [6, 6.07) is 62.7. The molecular weight excluding hydrogens is 669 g/mol. The van der Waals surface area contributed by atoms with Crippen LogP contribution < -0.4 is 20.5 Å². The summed E-state index contributed by atoms with van der Waals surface area (Å²) in [6.45, 7) is 0. The van der Waals surface area contributed by atoms with Crippen molar-refractivity contribution in [2.24, 2.45) is 0 Å². The van der Waals surface area contributed by atoms with Crippen molar-refractivity contribution >= 4 is 43.6 Å². The fraction of sp³-hybridized carbons (Fsp3) is 0. The summed E-state index contributed by atoms with van der Waals surface area (Å²) in [5.74, 6) is 0. The summed E-state index contributed by atoms with van der Waals surface area (Å²) in [6.07, 6.45) is 0. The van der Waals surface area contributed by atoms with Crippen LogP contribution in [-0.4, -0.2) is 19.6 Å². The predicted octanol–water partition coefficient (Wildman–Crippen LogP) is 7.63. The summed E-state index contributed by atoms with van der Waals surface area (Å²) in [4.78, 5) is 26.8. The Balaban J connectivity index is 0.000000142. The number of rotatable bonds is 4. The van der Waals surface area contributed by atoms with Crippen LogP contribution in [0.2, 0.25) is 0 Å². The van der Waals surface area contributed by atoms with Gasteiger partial charge in [0.05, 0.1) is 0 Å². The quantitative estimate of drug-likeness (QED) is 0.108. The van der Waals surface area contributed by atoms with Gasteiger partial charge in [-0.05, 0) is 89.0 Å². The van der Waals surface area contributed by atoms with Gasteiger partial charge >= 0.3 is 11.4 Å². The van der Waals surface area contributed by atoms with Crippen LogP contribution in [0, 0.1) is 0 Å². The number of benzene rings is 8. The van der Waals surface area contributed by atoms with Gasteiger partial charge in [0.2, 0.25) is 0 Å². The van der Waals surface area contributed by atoms with Crippen molar-refractivity contribution in [1.82, 2.24) is 19.6 Å². The molecule has 0 N–H and O–H groups in total. The van der Waals surface area contributed by atoms with E-state index in [4.69, 9.17) is 5.10 Å². The highest BCUT2D eigenvalue weighted by atomic mass is 16.2. The van der Waals surface area contributed by atoms with Gasteiger partial charge in [0.25, 0.3) is 0 Å². The molecule has 0 aliphatic heterocycles. The molecule has 0 radical (unpaired) electrons. The Morgan fingerprint density at radius 1 is 0.389 bits per heavy atom. The van der Waals surface area contributed by atoms with Crippen LogP contribution >= 0.6 is 0 Å². The normalized spacial score (nSPS) is 11.1. The Kier molecular flexibility index (Phi) is 8.30. The minimum absolute atomic E-state index is 0.199. The van der Waals surface area contributed by atoms with E-state index in [0.717, 1.165) is 66.4 Å². The molecule has 0 unspecified atom stereocenters. The van der Waals surface area contributed by atoms with Gasteiger partial charge in [-0.2, -0.15) is 18.7 Å². The lowest BCUT2D eigenvalue weighted by Gasteiger charge is -2.07. The first-order valence-electron chi connectivity index (χ1n) is 17.6. The maximum absolute atomic E-state index is 13.4. The summed E-state index contributed by atoms with van der Waals surface area (Å²) in [7, 11) is 0. The first-order chi connectivity index (χ1) is 26.6. The van der Waals surface area contributed by atoms with Crippen molar-refractivity contribution in [1.29, 1.82) is 0 Å². The lowest BCUT2D eigenvalue weighted by atomic mass is 10.1. The van der Waals surface area contributed by atoms with Gasteiger partial charge in [-0.3, -0.25) is 0 Å². The molecule has 0 amide bonds. The van der Waals surface area contributed by atoms with E-state index in [-0.39, 0.29) is 11.4 Å². The van der Waals surface area contributed by atoms with Gasteiger partial charge < -0.3 is 0 Å². The molecule has 8 heteroatoms. The minimum Gasteiger partial charge on any atom is -0.194 e. The molecule has 0 fully saturated rings. The predicted molar refractivity (Wildman–Crippen MR) is 213 cm³/mol. The van der Waals surface area contributed by atoms with Crippen LogP contribution in [0.4, 0.5) is 0 Å². The molecule has 0 aliphatic carbocycles. The molecule has 0 atom stereocenters. The second-order valence-corrected chi connectivity index (χ2v) is 12.7. The zero-order valence-corrected chi connectivity index (χ0v) is 29.0. The van der Waals surface area contributed by atoms with Crippen LogP contribution in [0.5, 0.6) is 0 Å². The largest absolute Gasteiger partial charge is 0.529 e. The van der Waals surface area contributed by atoms with E-state index in [0.29, 0.717) is 0 Å². The number of aromatic nitrogens is 6. The molecule has 10 rings (SSSR count). The topological polar surface area (TPSA) is 77.5 Å². The molecule has 256 valence electrons. The van der Waals surface area contributed by atoms with Crippen molar-refractivity contribution in [2.45, 2.75) is 0 Å². The van der Waals surface area contributed by atoms with E-state index in [1.165, 1.54) is 9.36 Å². The van der Waals surface area contributed by atoms with Gasteiger partial charge in [0.1, 0.15) is 11.4 Å². The van der Waals surface area contributed by atoms with Gasteiger partial charge in [-0.1, -0.05) is 141 Å². The van der Waals surface area contributed by atoms with Crippen LogP contribution in [0.25, 0.3) is 66.4 Å². The SMILES string of the molecule is O=c1n(-c2ccccc2)nc2c3ccccc3ccc2[n+]1-c1ccccc1.O=c1n(-c2ccccc2)nc2cc3ccccc3cc2[n+]1-c1ccccc1. The van der Waals surface area contributed by atoms with Gasteiger partial charge in [-0.25, -0.2) is 0 Å². The second kappa shape index (κ2) is 13.9. The third-order valence-corrected chi connectivity index (χ3v) is 9.39. The van der Waals surface area contributed by atoms with Crippen LogP contribution in [0.3, 0.4) is 0 Å². The van der Waals surface area contributed by atoms with Crippen molar-refractivity contribution < 1.29 is 9.13 Å². The summed E-state index contributed by atoms with van der Waals surface area (Å²) < 4.78 is 6.38. The lowest BCUT2D eigenvalue weighted by molar-refractivity contribution is -0.589. The maximum atomic E-state index is 13.4. The third-order valence-electron chi connectivity index (χ3n) is 9.39. The molecule has 10 aromatic rings. The second-order valence-electron chi connectivity index (χ2n) is 12.7. The molecule has 8 nitrogen and oxygen atoms in total. The molecule has 0 bridgehead atoms. The van der Waals surface area contributed by atoms with E-state index in [9.17, 15) is 9.59 Å². The molecule has 54 heavy (non-hydrogen) atoms. The first kappa shape index (κ1) is 32.3. The maximum Gasteiger partial charge on any atom is 0.529 e. The number of hydrogen-bond acceptors (Lipinski definition) is 4. The Morgan fingerprint density at radius 3 is 1.41 bits per heavy atom. The Hall–Kier alpha value is -7.58. The third kappa shape index (κ3) is 5.87. The van der Waals surface area contributed by atoms with Crippen molar-refractivity contribution in [3.63, 3.8) is 0 Å². The van der Waals surface area contributed by atoms with Crippen molar-refractivity contribution in [3.05, 3.63) is 215 Å². The molecule has 0 aliphatic rings. The zero-order valence-electron chi connectivity index (χ0n) is 29.0. The first-order valence-corrected chi connectivity index (χ1v) is 17.6. The van der Waals surface area contributed by atoms with E-state index >= 15 is 0 Å². The summed E-state index contributed by atoms with van der Waals surface area (Å²) in [5, 5.41) is 13.7. The number of fused-ring (bicyclic) bond motifs is 5. The van der Waals surface area contributed by atoms with Crippen molar-refractivity contribution in [2.75, 3.05) is 0 Å². The fourth-order valence-electron chi connectivity index (χ4n) is 6.82. The van der Waals surface area contributed by atoms with E-state index in [2.05, 4.69) is 17.2 Å². The Bertz CT molecular complexity index is 3010. The van der Waals surface area contributed by atoms with E-state index in [1.807, 2.05) is 182 Å². The van der Waals surface area contributed by atoms with Crippen molar-refractivity contribution in [3.8, 4) is 22.7 Å². The van der Waals surface area contributed by atoms with Crippen LogP contribution in [0.1, 0.15) is 0 Å². The Morgan fingerprint density at radius 2 is 0.833 bits per heavy atom. The molecule has 2 aromatic heterocycles. The fourth-order valence-corrected chi connectivity index (χ4v) is 6.82. The minimum atomic E-state index is -0.199. The summed E-state index contributed by atoms with van der Waals surface area (Å²) in [5.41, 5.74) is 5.84. The number of nitrogens with zero attached hydrogens (tertiary/aromatic N) is 6. The highest BCUT2D eigenvalue weighted by Crippen LogP contribution is 2.23. The van der Waals surface area contributed by atoms with Crippen LogP contribution in [0.15, 0.2) is 204 Å². The van der Waals surface area contributed by atoms with Gasteiger partial charge in [-0.15, -0.1) is 0 Å². The molecule has 8 aromatic carbocycles. The van der Waals surface area contributed by atoms with Gasteiger partial charge in [0, 0.05) is 5.39 Å².